The molecule has 6 rings (SSSR count). The van der Waals surface area contributed by atoms with Gasteiger partial charge in [-0.15, -0.1) is 0 Å². The fraction of sp³-hybridized carbons (Fsp3) is 0.212. The normalized spacial score (nSPS) is 12.6. The highest BCUT2D eigenvalue weighted by Crippen LogP contribution is 2.33. The first-order chi connectivity index (χ1) is 20.8. The minimum absolute atomic E-state index is 0.146. The summed E-state index contributed by atoms with van der Waals surface area (Å²) in [5.74, 6) is 1.18. The van der Waals surface area contributed by atoms with Gasteiger partial charge in [-0.05, 0) is 79.6 Å². The molecule has 43 heavy (non-hydrogen) atoms. The standard InChI is InChI=1S/C33H32N6O4/c1-21-12-22(2)39(36-21)27-7-5-6-23(14-27)19-37(3)33(41)26-13-24-15-28(16-26)38-11-10-34-32(38)25-8-9-29(42-4)30(17-25)43-20-31(40)35-18-24/h5-17H,18-20H2,1-4H3,(H,35,40). The van der Waals surface area contributed by atoms with Gasteiger partial charge in [0.15, 0.2) is 18.1 Å². The van der Waals surface area contributed by atoms with Crippen LogP contribution in [-0.2, 0) is 17.9 Å². The largest absolute Gasteiger partial charge is 0.493 e. The van der Waals surface area contributed by atoms with Crippen LogP contribution in [0.1, 0.15) is 32.9 Å². The summed E-state index contributed by atoms with van der Waals surface area (Å²) in [4.78, 5) is 32.8. The Morgan fingerprint density at radius 1 is 1.07 bits per heavy atom. The molecule has 2 amide bonds. The van der Waals surface area contributed by atoms with E-state index in [1.807, 2.05) is 83.9 Å². The molecule has 0 aliphatic carbocycles. The van der Waals surface area contributed by atoms with E-state index < -0.39 is 0 Å². The summed E-state index contributed by atoms with van der Waals surface area (Å²) in [7, 11) is 3.34. The molecule has 5 aromatic rings. The van der Waals surface area contributed by atoms with E-state index in [2.05, 4.69) is 15.4 Å². The van der Waals surface area contributed by atoms with Crippen molar-refractivity contribution < 1.29 is 19.1 Å². The zero-order chi connectivity index (χ0) is 30.1. The van der Waals surface area contributed by atoms with Crippen molar-refractivity contribution in [3.8, 4) is 34.3 Å². The average Bonchev–Trinajstić information content (AvgIpc) is 3.64. The Balaban J connectivity index is 1.34. The van der Waals surface area contributed by atoms with Crippen LogP contribution in [0.15, 0.2) is 79.1 Å². The third kappa shape index (κ3) is 5.72. The van der Waals surface area contributed by atoms with Crippen molar-refractivity contribution in [3.05, 3.63) is 107 Å². The molecule has 10 heteroatoms. The maximum Gasteiger partial charge on any atom is 0.258 e. The zero-order valence-electron chi connectivity index (χ0n) is 24.5. The van der Waals surface area contributed by atoms with Gasteiger partial charge < -0.3 is 19.7 Å². The van der Waals surface area contributed by atoms with Crippen LogP contribution < -0.4 is 14.8 Å². The van der Waals surface area contributed by atoms with Gasteiger partial charge in [-0.1, -0.05) is 12.1 Å². The molecule has 10 nitrogen and oxygen atoms in total. The first-order valence-corrected chi connectivity index (χ1v) is 13.9. The molecule has 0 spiro atoms. The number of amides is 2. The summed E-state index contributed by atoms with van der Waals surface area (Å²) in [5, 5.41) is 7.48. The molecule has 2 aromatic heterocycles. The number of aryl methyl sites for hydroxylation is 2. The summed E-state index contributed by atoms with van der Waals surface area (Å²) in [6, 6.07) is 21.1. The molecule has 218 valence electrons. The van der Waals surface area contributed by atoms with E-state index in [0.29, 0.717) is 29.4 Å². The van der Waals surface area contributed by atoms with E-state index >= 15 is 0 Å². The van der Waals surface area contributed by atoms with Gasteiger partial charge in [0.2, 0.25) is 0 Å². The molecule has 1 aliphatic rings. The number of aromatic nitrogens is 4. The second-order valence-electron chi connectivity index (χ2n) is 10.6. The first-order valence-electron chi connectivity index (χ1n) is 13.9. The van der Waals surface area contributed by atoms with Gasteiger partial charge in [-0.2, -0.15) is 5.10 Å². The first kappa shape index (κ1) is 27.8. The average molecular weight is 577 g/mol. The second-order valence-corrected chi connectivity index (χ2v) is 10.6. The van der Waals surface area contributed by atoms with Gasteiger partial charge in [0.05, 0.1) is 18.5 Å². The van der Waals surface area contributed by atoms with Crippen molar-refractivity contribution in [3.63, 3.8) is 0 Å². The Morgan fingerprint density at radius 2 is 1.93 bits per heavy atom. The van der Waals surface area contributed by atoms with Crippen LogP contribution >= 0.6 is 0 Å². The van der Waals surface area contributed by atoms with E-state index in [4.69, 9.17) is 9.47 Å². The number of methoxy groups -OCH3 is 1. The highest BCUT2D eigenvalue weighted by atomic mass is 16.5. The van der Waals surface area contributed by atoms with Crippen LogP contribution in [0, 0.1) is 13.8 Å². The van der Waals surface area contributed by atoms with Gasteiger partial charge in [0, 0.05) is 55.0 Å². The lowest BCUT2D eigenvalue weighted by atomic mass is 10.1. The summed E-state index contributed by atoms with van der Waals surface area (Å²) in [6.07, 6.45) is 3.56. The van der Waals surface area contributed by atoms with Gasteiger partial charge in [0.1, 0.15) is 5.82 Å². The summed E-state index contributed by atoms with van der Waals surface area (Å²) < 4.78 is 15.1. The van der Waals surface area contributed by atoms with E-state index in [1.54, 1.807) is 37.4 Å². The fourth-order valence-corrected chi connectivity index (χ4v) is 5.33. The number of benzene rings is 3. The minimum Gasteiger partial charge on any atom is -0.493 e. The number of nitrogens with one attached hydrogen (secondary N) is 1. The van der Waals surface area contributed by atoms with Gasteiger partial charge in [0.25, 0.3) is 11.8 Å². The van der Waals surface area contributed by atoms with E-state index in [0.717, 1.165) is 39.5 Å². The van der Waals surface area contributed by atoms with Crippen LogP contribution in [0.2, 0.25) is 0 Å². The predicted octanol–water partition coefficient (Wildman–Crippen LogP) is 4.63. The number of carbonyl (C=O) groups is 2. The Morgan fingerprint density at radius 3 is 2.72 bits per heavy atom. The van der Waals surface area contributed by atoms with Crippen LogP contribution in [0.25, 0.3) is 22.8 Å². The van der Waals surface area contributed by atoms with Crippen molar-refractivity contribution in [2.75, 3.05) is 20.8 Å². The molecule has 0 fully saturated rings. The molecule has 0 saturated heterocycles. The molecule has 4 bridgehead atoms. The minimum atomic E-state index is -0.290. The van der Waals surface area contributed by atoms with Crippen LogP contribution in [0.5, 0.6) is 11.5 Å². The Kier molecular flexibility index (Phi) is 7.41. The number of rotatable bonds is 5. The monoisotopic (exact) mass is 576 g/mol. The van der Waals surface area contributed by atoms with Gasteiger partial charge >= 0.3 is 0 Å². The van der Waals surface area contributed by atoms with E-state index in [9.17, 15) is 9.59 Å². The number of hydrogen-bond acceptors (Lipinski definition) is 6. The maximum absolute atomic E-state index is 13.8. The highest BCUT2D eigenvalue weighted by molar-refractivity contribution is 5.95. The zero-order valence-corrected chi connectivity index (χ0v) is 24.5. The molecule has 0 saturated carbocycles. The van der Waals surface area contributed by atoms with Crippen molar-refractivity contribution in [1.82, 2.24) is 29.5 Å². The van der Waals surface area contributed by atoms with Crippen molar-refractivity contribution in [1.29, 1.82) is 0 Å². The van der Waals surface area contributed by atoms with Crippen molar-refractivity contribution >= 4 is 11.8 Å². The number of ether oxygens (including phenoxy) is 2. The number of fused-ring (bicyclic) bond motifs is 7. The molecule has 0 atom stereocenters. The molecular weight excluding hydrogens is 544 g/mol. The summed E-state index contributed by atoms with van der Waals surface area (Å²) in [6.45, 7) is 4.44. The molecule has 3 heterocycles. The Labute approximate surface area is 249 Å². The molecule has 0 unspecified atom stereocenters. The number of nitrogens with zero attached hydrogens (tertiary/aromatic N) is 5. The lowest BCUT2D eigenvalue weighted by Crippen LogP contribution is -2.29. The van der Waals surface area contributed by atoms with Crippen LogP contribution in [0.3, 0.4) is 0 Å². The molecule has 1 aliphatic heterocycles. The smallest absolute Gasteiger partial charge is 0.258 e. The SMILES string of the molecule is COc1ccc2cc1OCC(=O)NCc1cc(C(=O)N(C)Cc3cccc(-n4nc(C)cc4C)c3)cc(c1)-n1ccnc1-2. The Hall–Kier alpha value is -5.38. The fourth-order valence-electron chi connectivity index (χ4n) is 5.33. The Bertz CT molecular complexity index is 1840. The maximum atomic E-state index is 13.8. The van der Waals surface area contributed by atoms with E-state index in [1.165, 1.54) is 0 Å². The van der Waals surface area contributed by atoms with Gasteiger partial charge in [-0.3, -0.25) is 14.2 Å². The number of carbonyl (C=O) groups excluding carboxylic acids is 2. The molecule has 1 N–H and O–H groups in total. The van der Waals surface area contributed by atoms with Crippen molar-refractivity contribution in [2.45, 2.75) is 26.9 Å². The topological polar surface area (TPSA) is 104 Å². The molecule has 0 radical (unpaired) electrons. The summed E-state index contributed by atoms with van der Waals surface area (Å²) in [5.41, 5.74) is 6.72. The quantitative estimate of drug-likeness (QED) is 0.327. The predicted molar refractivity (Wildman–Crippen MR) is 162 cm³/mol. The van der Waals surface area contributed by atoms with Gasteiger partial charge in [-0.25, -0.2) is 9.67 Å². The van der Waals surface area contributed by atoms with E-state index in [-0.39, 0.29) is 25.0 Å². The third-order valence-electron chi connectivity index (χ3n) is 7.34. The molecular formula is C33H32N6O4. The second kappa shape index (κ2) is 11.5. The molecule has 3 aromatic carbocycles. The highest BCUT2D eigenvalue weighted by Gasteiger charge is 2.19. The van der Waals surface area contributed by atoms with Crippen molar-refractivity contribution in [2.24, 2.45) is 0 Å². The lowest BCUT2D eigenvalue weighted by molar-refractivity contribution is -0.123. The van der Waals surface area contributed by atoms with Crippen LogP contribution in [0.4, 0.5) is 0 Å². The number of imidazole rings is 1. The van der Waals surface area contributed by atoms with Crippen LogP contribution in [-0.4, -0.2) is 56.8 Å². The summed E-state index contributed by atoms with van der Waals surface area (Å²) >= 11 is 0. The lowest BCUT2D eigenvalue weighted by Gasteiger charge is -2.20. The number of hydrogen-bond donors (Lipinski definition) is 1. The third-order valence-corrected chi connectivity index (χ3v) is 7.34.